The quantitative estimate of drug-likeness (QED) is 0.725. The minimum atomic E-state index is -0.0923. The van der Waals surface area contributed by atoms with Crippen molar-refractivity contribution >= 4 is 5.91 Å². The molecule has 0 aliphatic heterocycles. The lowest BCUT2D eigenvalue weighted by Crippen LogP contribution is -2.26. The molecule has 0 aliphatic carbocycles. The summed E-state index contributed by atoms with van der Waals surface area (Å²) >= 11 is 0. The number of amides is 1. The van der Waals surface area contributed by atoms with Gasteiger partial charge >= 0.3 is 0 Å². The molecule has 26 heavy (non-hydrogen) atoms. The van der Waals surface area contributed by atoms with Gasteiger partial charge in [-0.05, 0) is 53.6 Å². The third-order valence-electron chi connectivity index (χ3n) is 4.53. The average Bonchev–Trinajstić information content (AvgIpc) is 2.61. The zero-order valence-electron chi connectivity index (χ0n) is 16.4. The van der Waals surface area contributed by atoms with E-state index < -0.39 is 0 Å². The van der Waals surface area contributed by atoms with Gasteiger partial charge in [0.25, 0.3) is 5.91 Å². The van der Waals surface area contributed by atoms with Crippen LogP contribution in [0.2, 0.25) is 0 Å². The van der Waals surface area contributed by atoms with Gasteiger partial charge in [0.15, 0.2) is 0 Å². The second-order valence-corrected chi connectivity index (χ2v) is 7.59. The molecule has 2 aromatic carbocycles. The maximum atomic E-state index is 12.6. The minimum absolute atomic E-state index is 0.0681. The molecule has 0 saturated heterocycles. The second kappa shape index (κ2) is 8.22. The van der Waals surface area contributed by atoms with Crippen LogP contribution in [0.15, 0.2) is 55.1 Å². The van der Waals surface area contributed by atoms with Gasteiger partial charge < -0.3 is 10.1 Å². The first-order valence-corrected chi connectivity index (χ1v) is 8.95. The van der Waals surface area contributed by atoms with Crippen molar-refractivity contribution in [2.24, 2.45) is 0 Å². The summed E-state index contributed by atoms with van der Waals surface area (Å²) in [6.07, 6.45) is 2.47. The standard InChI is InChI=1S/C23H29NO2/c1-7-8-18-15-19(11-14-21(18)26-6)22(25)24-16(2)17-9-12-20(13-10-17)23(3,4)5/h7,9-16H,1,8H2,2-6H3,(H,24,25)/t16-/m1/s1. The normalized spacial score (nSPS) is 12.3. The number of ether oxygens (including phenoxy) is 1. The number of nitrogens with one attached hydrogen (secondary N) is 1. The topological polar surface area (TPSA) is 38.3 Å². The lowest BCUT2D eigenvalue weighted by atomic mass is 9.86. The Hall–Kier alpha value is -2.55. The molecular weight excluding hydrogens is 322 g/mol. The monoisotopic (exact) mass is 351 g/mol. The molecule has 0 fully saturated rings. The van der Waals surface area contributed by atoms with Crippen molar-refractivity contribution in [3.63, 3.8) is 0 Å². The summed E-state index contributed by atoms with van der Waals surface area (Å²) < 4.78 is 5.34. The Labute approximate surface area is 157 Å². The minimum Gasteiger partial charge on any atom is -0.496 e. The van der Waals surface area contributed by atoms with Gasteiger partial charge in [0.2, 0.25) is 0 Å². The van der Waals surface area contributed by atoms with Gasteiger partial charge in [-0.15, -0.1) is 6.58 Å². The SMILES string of the molecule is C=CCc1cc(C(=O)N[C@H](C)c2ccc(C(C)(C)C)cc2)ccc1OC. The van der Waals surface area contributed by atoms with Crippen molar-refractivity contribution in [3.05, 3.63) is 77.4 Å². The average molecular weight is 351 g/mol. The van der Waals surface area contributed by atoms with Crippen LogP contribution in [0.1, 0.15) is 60.8 Å². The van der Waals surface area contributed by atoms with Gasteiger partial charge in [-0.3, -0.25) is 4.79 Å². The Kier molecular flexibility index (Phi) is 6.25. The Morgan fingerprint density at radius 3 is 2.38 bits per heavy atom. The van der Waals surface area contributed by atoms with Gasteiger partial charge in [0.1, 0.15) is 5.75 Å². The summed E-state index contributed by atoms with van der Waals surface area (Å²) in [5.41, 5.74) is 4.07. The summed E-state index contributed by atoms with van der Waals surface area (Å²) in [6, 6.07) is 13.9. The zero-order chi connectivity index (χ0) is 19.3. The molecule has 0 spiro atoms. The van der Waals surface area contributed by atoms with E-state index in [1.165, 1.54) is 5.56 Å². The Balaban J connectivity index is 2.13. The molecule has 0 bridgehead atoms. The largest absolute Gasteiger partial charge is 0.496 e. The number of carbonyl (C=O) groups excluding carboxylic acids is 1. The van der Waals surface area contributed by atoms with Crippen molar-refractivity contribution < 1.29 is 9.53 Å². The molecule has 2 aromatic rings. The number of hydrogen-bond acceptors (Lipinski definition) is 2. The fourth-order valence-corrected chi connectivity index (χ4v) is 2.87. The van der Waals surface area contributed by atoms with Crippen LogP contribution < -0.4 is 10.1 Å². The molecule has 0 aliphatic rings. The summed E-state index contributed by atoms with van der Waals surface area (Å²) in [6.45, 7) is 12.3. The van der Waals surface area contributed by atoms with Crippen molar-refractivity contribution in [2.45, 2.75) is 45.6 Å². The molecule has 0 radical (unpaired) electrons. The lowest BCUT2D eigenvalue weighted by molar-refractivity contribution is 0.0939. The molecule has 2 rings (SSSR count). The first-order chi connectivity index (χ1) is 12.3. The van der Waals surface area contributed by atoms with E-state index in [0.29, 0.717) is 12.0 Å². The van der Waals surface area contributed by atoms with Crippen LogP contribution in [0.5, 0.6) is 5.75 Å². The molecule has 0 unspecified atom stereocenters. The highest BCUT2D eigenvalue weighted by Gasteiger charge is 2.16. The highest BCUT2D eigenvalue weighted by Crippen LogP contribution is 2.25. The van der Waals surface area contributed by atoms with Gasteiger partial charge in [0.05, 0.1) is 13.2 Å². The number of rotatable bonds is 6. The van der Waals surface area contributed by atoms with Gasteiger partial charge in [0, 0.05) is 5.56 Å². The highest BCUT2D eigenvalue weighted by molar-refractivity contribution is 5.94. The third kappa shape index (κ3) is 4.75. The smallest absolute Gasteiger partial charge is 0.251 e. The van der Waals surface area contributed by atoms with Crippen LogP contribution in [-0.4, -0.2) is 13.0 Å². The molecule has 0 saturated carbocycles. The fourth-order valence-electron chi connectivity index (χ4n) is 2.87. The predicted molar refractivity (Wildman–Crippen MR) is 108 cm³/mol. The van der Waals surface area contributed by atoms with Gasteiger partial charge in [-0.2, -0.15) is 0 Å². The van der Waals surface area contributed by atoms with Crippen LogP contribution >= 0.6 is 0 Å². The first kappa shape index (κ1) is 19.8. The molecule has 138 valence electrons. The molecule has 1 amide bonds. The van der Waals surface area contributed by atoms with E-state index in [4.69, 9.17) is 4.74 Å². The summed E-state index contributed by atoms with van der Waals surface area (Å²) in [5.74, 6) is 0.678. The first-order valence-electron chi connectivity index (χ1n) is 8.95. The molecule has 1 atom stereocenters. The van der Waals surface area contributed by atoms with Gasteiger partial charge in [-0.1, -0.05) is 51.1 Å². The van der Waals surface area contributed by atoms with E-state index in [1.54, 1.807) is 19.3 Å². The Bertz CT molecular complexity index is 770. The summed E-state index contributed by atoms with van der Waals surface area (Å²) in [7, 11) is 1.63. The predicted octanol–water partition coefficient (Wildman–Crippen LogP) is 5.21. The maximum absolute atomic E-state index is 12.6. The van der Waals surface area contributed by atoms with Crippen LogP contribution in [0.25, 0.3) is 0 Å². The molecule has 3 heteroatoms. The molecular formula is C23H29NO2. The van der Waals surface area contributed by atoms with E-state index in [2.05, 4.69) is 56.9 Å². The number of benzene rings is 2. The van der Waals surface area contributed by atoms with E-state index in [1.807, 2.05) is 19.1 Å². The molecule has 0 aromatic heterocycles. The van der Waals surface area contributed by atoms with Crippen molar-refractivity contribution in [1.29, 1.82) is 0 Å². The summed E-state index contributed by atoms with van der Waals surface area (Å²) in [5, 5.41) is 3.07. The van der Waals surface area contributed by atoms with E-state index >= 15 is 0 Å². The van der Waals surface area contributed by atoms with Gasteiger partial charge in [-0.25, -0.2) is 0 Å². The molecule has 1 N–H and O–H groups in total. The zero-order valence-corrected chi connectivity index (χ0v) is 16.4. The Morgan fingerprint density at radius 2 is 1.85 bits per heavy atom. The van der Waals surface area contributed by atoms with E-state index in [0.717, 1.165) is 16.9 Å². The number of allylic oxidation sites excluding steroid dienone is 1. The fraction of sp³-hybridized carbons (Fsp3) is 0.348. The second-order valence-electron chi connectivity index (χ2n) is 7.59. The van der Waals surface area contributed by atoms with Crippen LogP contribution in [0.3, 0.4) is 0 Å². The Morgan fingerprint density at radius 1 is 1.19 bits per heavy atom. The van der Waals surface area contributed by atoms with Crippen molar-refractivity contribution in [1.82, 2.24) is 5.32 Å². The number of hydrogen-bond donors (Lipinski definition) is 1. The van der Waals surface area contributed by atoms with Crippen molar-refractivity contribution in [3.8, 4) is 5.75 Å². The summed E-state index contributed by atoms with van der Waals surface area (Å²) in [4.78, 5) is 12.6. The maximum Gasteiger partial charge on any atom is 0.251 e. The van der Waals surface area contributed by atoms with Crippen LogP contribution in [-0.2, 0) is 11.8 Å². The number of carbonyl (C=O) groups is 1. The van der Waals surface area contributed by atoms with Crippen LogP contribution in [0, 0.1) is 0 Å². The highest BCUT2D eigenvalue weighted by atomic mass is 16.5. The van der Waals surface area contributed by atoms with Crippen molar-refractivity contribution in [2.75, 3.05) is 7.11 Å². The number of methoxy groups -OCH3 is 1. The third-order valence-corrected chi connectivity index (χ3v) is 4.53. The van der Waals surface area contributed by atoms with Crippen LogP contribution in [0.4, 0.5) is 0 Å². The van der Waals surface area contributed by atoms with E-state index in [-0.39, 0.29) is 17.4 Å². The molecule has 3 nitrogen and oxygen atoms in total. The lowest BCUT2D eigenvalue weighted by Gasteiger charge is -2.21. The molecule has 0 heterocycles. The van der Waals surface area contributed by atoms with E-state index in [9.17, 15) is 4.79 Å².